The average Bonchev–Trinajstić information content (AvgIpc) is 3.12. The first-order chi connectivity index (χ1) is 22.2. The van der Waals surface area contributed by atoms with Gasteiger partial charge in [-0.2, -0.15) is 0 Å². The summed E-state index contributed by atoms with van der Waals surface area (Å²) >= 11 is 0. The van der Waals surface area contributed by atoms with Gasteiger partial charge in [0.1, 0.15) is 5.69 Å². The third kappa shape index (κ3) is 5.13. The lowest BCUT2D eigenvalue weighted by atomic mass is 9.88. The predicted octanol–water partition coefficient (Wildman–Crippen LogP) is 8.67. The Morgan fingerprint density at radius 3 is 1.84 bits per heavy atom. The van der Waals surface area contributed by atoms with Gasteiger partial charge in [0.05, 0.1) is 45.3 Å². The van der Waals surface area contributed by atoms with E-state index in [9.17, 15) is 0 Å². The Bertz CT molecular complexity index is 2090. The molecule has 45 heavy (non-hydrogen) atoms. The van der Waals surface area contributed by atoms with Gasteiger partial charge in [0.25, 0.3) is 0 Å². The van der Waals surface area contributed by atoms with Crippen LogP contribution >= 0.6 is 0 Å². The zero-order chi connectivity index (χ0) is 30.2. The molecule has 0 amide bonds. The Hall–Kier alpha value is -5.99. The molecule has 212 valence electrons. The molecule has 0 saturated carbocycles. The van der Waals surface area contributed by atoms with E-state index in [4.69, 9.17) is 19.9 Å². The van der Waals surface area contributed by atoms with E-state index in [2.05, 4.69) is 54.4 Å². The Balaban J connectivity index is 1.18. The van der Waals surface area contributed by atoms with Crippen molar-refractivity contribution in [3.8, 4) is 67.9 Å². The topological polar surface area (TPSA) is 64.5 Å². The lowest BCUT2D eigenvalue weighted by molar-refractivity contribution is 0.903. The standard InChI is InChI=1S/C40H27N5/c1-26-24-35(43-39-32(26)21-19-31-20-22-33(42-38(31)39)27-10-4-2-5-11-27)29-15-17-30(18-16-29)37-25-36(28-12-6-3-7-13-28)44-40(45-37)34-14-8-9-23-41-34/h2-15,17,20,22-25H,19,21H2,1H3. The molecular formula is C40H27N5. The van der Waals surface area contributed by atoms with Crippen molar-refractivity contribution in [1.29, 1.82) is 0 Å². The molecule has 3 aromatic carbocycles. The fraction of sp³-hybridized carbons (Fsp3) is 0.0750. The van der Waals surface area contributed by atoms with Crippen molar-refractivity contribution in [3.05, 3.63) is 150 Å². The zero-order valence-corrected chi connectivity index (χ0v) is 24.7. The van der Waals surface area contributed by atoms with Crippen LogP contribution in [-0.2, 0) is 12.8 Å². The highest BCUT2D eigenvalue weighted by Crippen LogP contribution is 2.36. The molecule has 8 rings (SSSR count). The molecule has 0 unspecified atom stereocenters. The SMILES string of the molecule is Cc1cc(-c2c#cc(-c3cc(-c4ccccc4)nc(-c4ccccn4)n3)cc2)nc2c1CCc1ccc(-c3ccccc3)nc1-2. The van der Waals surface area contributed by atoms with E-state index in [1.165, 1.54) is 16.7 Å². The van der Waals surface area contributed by atoms with E-state index in [-0.39, 0.29) is 0 Å². The summed E-state index contributed by atoms with van der Waals surface area (Å²) in [6.07, 6.45) is 3.68. The van der Waals surface area contributed by atoms with Crippen LogP contribution in [0.3, 0.4) is 0 Å². The van der Waals surface area contributed by atoms with E-state index in [0.717, 1.165) is 75.0 Å². The number of hydrogen-bond acceptors (Lipinski definition) is 5. The smallest absolute Gasteiger partial charge is 0.179 e. The second-order valence-corrected chi connectivity index (χ2v) is 11.2. The Kier molecular flexibility index (Phi) is 6.66. The van der Waals surface area contributed by atoms with Crippen LogP contribution in [0.4, 0.5) is 0 Å². The van der Waals surface area contributed by atoms with Crippen LogP contribution in [0.1, 0.15) is 16.7 Å². The van der Waals surface area contributed by atoms with Gasteiger partial charge < -0.3 is 0 Å². The van der Waals surface area contributed by atoms with Gasteiger partial charge in [-0.3, -0.25) is 4.98 Å². The van der Waals surface area contributed by atoms with Crippen molar-refractivity contribution >= 4 is 0 Å². The monoisotopic (exact) mass is 577 g/mol. The van der Waals surface area contributed by atoms with E-state index in [0.29, 0.717) is 5.82 Å². The van der Waals surface area contributed by atoms with Gasteiger partial charge in [-0.05, 0) is 78.9 Å². The first-order valence-corrected chi connectivity index (χ1v) is 15.1. The van der Waals surface area contributed by atoms with Crippen molar-refractivity contribution in [2.75, 3.05) is 0 Å². The van der Waals surface area contributed by atoms with Gasteiger partial charge in [0, 0.05) is 17.3 Å². The van der Waals surface area contributed by atoms with Crippen molar-refractivity contribution in [1.82, 2.24) is 24.9 Å². The van der Waals surface area contributed by atoms with Gasteiger partial charge >= 0.3 is 0 Å². The molecule has 5 nitrogen and oxygen atoms in total. The number of pyridine rings is 3. The molecule has 1 aliphatic rings. The quantitative estimate of drug-likeness (QED) is 0.205. The van der Waals surface area contributed by atoms with E-state index >= 15 is 0 Å². The maximum atomic E-state index is 5.18. The summed E-state index contributed by atoms with van der Waals surface area (Å²) in [6, 6.07) is 45.5. The second kappa shape index (κ2) is 11.3. The van der Waals surface area contributed by atoms with Gasteiger partial charge in [-0.15, -0.1) is 0 Å². The second-order valence-electron chi connectivity index (χ2n) is 11.2. The minimum Gasteiger partial charge on any atom is -0.253 e. The van der Waals surface area contributed by atoms with Crippen LogP contribution in [0.2, 0.25) is 0 Å². The maximum Gasteiger partial charge on any atom is 0.179 e. The highest BCUT2D eigenvalue weighted by Gasteiger charge is 2.22. The Morgan fingerprint density at radius 2 is 1.16 bits per heavy atom. The van der Waals surface area contributed by atoms with Crippen molar-refractivity contribution in [3.63, 3.8) is 0 Å². The molecule has 0 spiro atoms. The lowest BCUT2D eigenvalue weighted by Gasteiger charge is -2.21. The molecule has 0 aliphatic heterocycles. The molecular weight excluding hydrogens is 550 g/mol. The lowest BCUT2D eigenvalue weighted by Crippen LogP contribution is -2.10. The van der Waals surface area contributed by atoms with Crippen molar-refractivity contribution in [2.24, 2.45) is 0 Å². The summed E-state index contributed by atoms with van der Waals surface area (Å²) in [4.78, 5) is 24.5. The fourth-order valence-corrected chi connectivity index (χ4v) is 5.91. The molecule has 0 atom stereocenters. The number of aryl methyl sites for hydroxylation is 2. The molecule has 5 heteroatoms. The van der Waals surface area contributed by atoms with Gasteiger partial charge in [-0.25, -0.2) is 19.9 Å². The normalized spacial score (nSPS) is 11.8. The van der Waals surface area contributed by atoms with Crippen LogP contribution in [0.15, 0.2) is 121 Å². The van der Waals surface area contributed by atoms with E-state index < -0.39 is 0 Å². The number of rotatable bonds is 5. The molecule has 0 bridgehead atoms. The Labute approximate surface area is 262 Å². The summed E-state index contributed by atoms with van der Waals surface area (Å²) in [5.74, 6) is 0.567. The minimum absolute atomic E-state index is 0.567. The van der Waals surface area contributed by atoms with Gasteiger partial charge in [-0.1, -0.05) is 84.9 Å². The minimum atomic E-state index is 0.567. The molecule has 7 aromatic rings. The van der Waals surface area contributed by atoms with E-state index in [1.807, 2.05) is 84.9 Å². The first-order valence-electron chi connectivity index (χ1n) is 15.1. The molecule has 1 aliphatic carbocycles. The average molecular weight is 578 g/mol. The fourth-order valence-electron chi connectivity index (χ4n) is 5.91. The highest BCUT2D eigenvalue weighted by atomic mass is 14.9. The third-order valence-corrected chi connectivity index (χ3v) is 8.25. The molecule has 0 fully saturated rings. The van der Waals surface area contributed by atoms with Crippen LogP contribution in [0.5, 0.6) is 0 Å². The zero-order valence-electron chi connectivity index (χ0n) is 24.7. The number of fused-ring (bicyclic) bond motifs is 3. The third-order valence-electron chi connectivity index (χ3n) is 8.25. The molecule has 4 heterocycles. The van der Waals surface area contributed by atoms with Crippen LogP contribution in [0, 0.1) is 19.1 Å². The summed E-state index contributed by atoms with van der Waals surface area (Å²) in [7, 11) is 0. The maximum absolute atomic E-state index is 5.18. The number of nitrogens with zero attached hydrogens (tertiary/aromatic N) is 5. The molecule has 0 saturated heterocycles. The molecule has 4 aromatic heterocycles. The summed E-state index contributed by atoms with van der Waals surface area (Å²) in [5, 5.41) is 0. The number of hydrogen-bond donors (Lipinski definition) is 0. The first kappa shape index (κ1) is 26.6. The van der Waals surface area contributed by atoms with E-state index in [1.54, 1.807) is 6.20 Å². The van der Waals surface area contributed by atoms with Crippen LogP contribution in [0.25, 0.3) is 67.9 Å². The van der Waals surface area contributed by atoms with Crippen LogP contribution in [-0.4, -0.2) is 24.9 Å². The number of aromatic nitrogens is 5. The van der Waals surface area contributed by atoms with Gasteiger partial charge in [0.15, 0.2) is 5.82 Å². The molecule has 0 radical (unpaired) electrons. The van der Waals surface area contributed by atoms with Gasteiger partial charge in [0.2, 0.25) is 0 Å². The predicted molar refractivity (Wildman–Crippen MR) is 178 cm³/mol. The largest absolute Gasteiger partial charge is 0.253 e. The van der Waals surface area contributed by atoms with Crippen LogP contribution < -0.4 is 0 Å². The molecule has 0 N–H and O–H groups in total. The highest BCUT2D eigenvalue weighted by molar-refractivity contribution is 5.75. The van der Waals surface area contributed by atoms with Crippen molar-refractivity contribution in [2.45, 2.75) is 19.8 Å². The number of benzene rings is 2. The summed E-state index contributed by atoms with van der Waals surface area (Å²) in [5.41, 5.74) is 13.6. The summed E-state index contributed by atoms with van der Waals surface area (Å²) in [6.45, 7) is 2.17. The Morgan fingerprint density at radius 1 is 0.511 bits per heavy atom. The summed E-state index contributed by atoms with van der Waals surface area (Å²) < 4.78 is 0. The van der Waals surface area contributed by atoms with Crippen molar-refractivity contribution < 1.29 is 0 Å².